The molecule has 7 nitrogen and oxygen atoms in total. The Morgan fingerprint density at radius 3 is 2.57 bits per heavy atom. The van der Waals surface area contributed by atoms with Crippen molar-refractivity contribution in [2.75, 3.05) is 14.2 Å². The van der Waals surface area contributed by atoms with Gasteiger partial charge in [-0.3, -0.25) is 0 Å². The molecule has 2 aromatic heterocycles. The highest BCUT2D eigenvalue weighted by atomic mass is 19.1. The Hall–Kier alpha value is -3.60. The number of hydrogen-bond donors (Lipinski definition) is 0. The van der Waals surface area contributed by atoms with Crippen molar-refractivity contribution in [3.63, 3.8) is 0 Å². The molecule has 0 amide bonds. The number of benzene rings is 1. The second-order valence-corrected chi connectivity index (χ2v) is 6.43. The van der Waals surface area contributed by atoms with Crippen molar-refractivity contribution in [1.82, 2.24) is 20.2 Å². The number of halogens is 1. The Morgan fingerprint density at radius 2 is 1.89 bits per heavy atom. The van der Waals surface area contributed by atoms with Crippen LogP contribution in [-0.2, 0) is 0 Å². The van der Waals surface area contributed by atoms with E-state index in [4.69, 9.17) is 9.47 Å². The molecule has 0 radical (unpaired) electrons. The van der Waals surface area contributed by atoms with Gasteiger partial charge in [0, 0.05) is 6.20 Å². The van der Waals surface area contributed by atoms with Crippen molar-refractivity contribution >= 4 is 0 Å². The highest BCUT2D eigenvalue weighted by molar-refractivity contribution is 5.65. The summed E-state index contributed by atoms with van der Waals surface area (Å²) < 4.78 is 23.5. The molecule has 0 saturated heterocycles. The maximum atomic E-state index is 13.2. The Balaban J connectivity index is 1.70. The van der Waals surface area contributed by atoms with E-state index in [1.165, 1.54) is 26.4 Å². The van der Waals surface area contributed by atoms with E-state index in [1.54, 1.807) is 18.3 Å². The lowest BCUT2D eigenvalue weighted by Gasteiger charge is -2.09. The van der Waals surface area contributed by atoms with E-state index >= 15 is 0 Å². The SMILES string of the molecule is COc1ncc(-c2cc(C3CC3c3ccc(F)cc3)c(C#N)nn2)c(OC)n1. The van der Waals surface area contributed by atoms with E-state index in [0.29, 0.717) is 17.1 Å². The standard InChI is InChI=1S/C20H16FN5O2/c1-27-19-16(10-23-20(24-19)28-2)17-8-15(18(9-22)26-25-17)14-7-13(14)11-3-5-12(21)6-4-11/h3-6,8,10,13-14H,7H2,1-2H3. The van der Waals surface area contributed by atoms with Gasteiger partial charge in [-0.05, 0) is 47.6 Å². The van der Waals surface area contributed by atoms with Crippen molar-refractivity contribution in [1.29, 1.82) is 5.26 Å². The molecular formula is C20H16FN5O2. The summed E-state index contributed by atoms with van der Waals surface area (Å²) in [7, 11) is 2.96. The average Bonchev–Trinajstić information content (AvgIpc) is 3.54. The summed E-state index contributed by atoms with van der Waals surface area (Å²) in [5, 5.41) is 17.7. The average molecular weight is 377 g/mol. The Kier molecular flexibility index (Phi) is 4.57. The van der Waals surface area contributed by atoms with Gasteiger partial charge in [-0.2, -0.15) is 10.2 Å². The van der Waals surface area contributed by atoms with Crippen LogP contribution in [0.2, 0.25) is 0 Å². The molecule has 28 heavy (non-hydrogen) atoms. The molecule has 1 aliphatic carbocycles. The summed E-state index contributed by atoms with van der Waals surface area (Å²) in [6.07, 6.45) is 2.41. The van der Waals surface area contributed by atoms with Crippen LogP contribution in [0.25, 0.3) is 11.3 Å². The minimum atomic E-state index is -0.266. The van der Waals surface area contributed by atoms with Crippen LogP contribution in [-0.4, -0.2) is 34.4 Å². The first-order valence-corrected chi connectivity index (χ1v) is 8.63. The van der Waals surface area contributed by atoms with E-state index in [-0.39, 0.29) is 29.4 Å². The molecule has 1 saturated carbocycles. The number of methoxy groups -OCH3 is 2. The predicted octanol–water partition coefficient (Wildman–Crippen LogP) is 3.23. The molecule has 0 N–H and O–H groups in total. The first-order chi connectivity index (χ1) is 13.6. The molecule has 2 unspecified atom stereocenters. The van der Waals surface area contributed by atoms with Gasteiger partial charge < -0.3 is 9.47 Å². The number of aromatic nitrogens is 4. The van der Waals surface area contributed by atoms with Crippen LogP contribution in [0.4, 0.5) is 4.39 Å². The number of nitriles is 1. The lowest BCUT2D eigenvalue weighted by Crippen LogP contribution is -2.02. The van der Waals surface area contributed by atoms with E-state index in [1.807, 2.05) is 6.07 Å². The van der Waals surface area contributed by atoms with Crippen molar-refractivity contribution in [2.24, 2.45) is 0 Å². The van der Waals surface area contributed by atoms with Crippen LogP contribution in [0.1, 0.15) is 35.1 Å². The van der Waals surface area contributed by atoms with Gasteiger partial charge in [-0.15, -0.1) is 10.2 Å². The lowest BCUT2D eigenvalue weighted by molar-refractivity contribution is 0.353. The van der Waals surface area contributed by atoms with Crippen LogP contribution >= 0.6 is 0 Å². The van der Waals surface area contributed by atoms with Gasteiger partial charge in [0.2, 0.25) is 5.88 Å². The zero-order chi connectivity index (χ0) is 19.7. The Bertz CT molecular complexity index is 1070. The molecule has 8 heteroatoms. The maximum absolute atomic E-state index is 13.2. The number of ether oxygens (including phenoxy) is 2. The number of nitrogens with zero attached hydrogens (tertiary/aromatic N) is 5. The Morgan fingerprint density at radius 1 is 1.11 bits per heavy atom. The third-order valence-corrected chi connectivity index (χ3v) is 4.80. The summed E-state index contributed by atoms with van der Waals surface area (Å²) in [5.74, 6) is 0.388. The normalized spacial score (nSPS) is 17.6. The molecule has 0 spiro atoms. The quantitative estimate of drug-likeness (QED) is 0.674. The first kappa shape index (κ1) is 17.8. The minimum absolute atomic E-state index is 0.125. The minimum Gasteiger partial charge on any atom is -0.480 e. The van der Waals surface area contributed by atoms with E-state index < -0.39 is 0 Å². The fourth-order valence-corrected chi connectivity index (χ4v) is 3.30. The highest BCUT2D eigenvalue weighted by Gasteiger charge is 2.41. The first-order valence-electron chi connectivity index (χ1n) is 8.63. The molecule has 140 valence electrons. The molecule has 4 rings (SSSR count). The Labute approximate surface area is 160 Å². The molecule has 1 aliphatic rings. The van der Waals surface area contributed by atoms with Gasteiger partial charge >= 0.3 is 6.01 Å². The monoisotopic (exact) mass is 377 g/mol. The van der Waals surface area contributed by atoms with Gasteiger partial charge in [-0.25, -0.2) is 9.37 Å². The number of hydrogen-bond acceptors (Lipinski definition) is 7. The van der Waals surface area contributed by atoms with Crippen molar-refractivity contribution in [3.8, 4) is 29.2 Å². The van der Waals surface area contributed by atoms with Crippen LogP contribution < -0.4 is 9.47 Å². The largest absolute Gasteiger partial charge is 0.480 e. The van der Waals surface area contributed by atoms with Gasteiger partial charge in [0.25, 0.3) is 0 Å². The van der Waals surface area contributed by atoms with Gasteiger partial charge in [0.05, 0.1) is 19.8 Å². The summed E-state index contributed by atoms with van der Waals surface area (Å²) in [4.78, 5) is 8.27. The lowest BCUT2D eigenvalue weighted by atomic mass is 10.0. The molecule has 1 aromatic carbocycles. The molecule has 2 atom stereocenters. The van der Waals surface area contributed by atoms with Gasteiger partial charge in [0.1, 0.15) is 17.6 Å². The van der Waals surface area contributed by atoms with Gasteiger partial charge in [0.15, 0.2) is 5.69 Å². The third kappa shape index (κ3) is 3.22. The van der Waals surface area contributed by atoms with Crippen LogP contribution in [0.15, 0.2) is 36.5 Å². The summed E-state index contributed by atoms with van der Waals surface area (Å²) in [6, 6.07) is 10.6. The molecular weight excluding hydrogens is 361 g/mol. The van der Waals surface area contributed by atoms with E-state index in [9.17, 15) is 9.65 Å². The second-order valence-electron chi connectivity index (χ2n) is 6.43. The molecule has 1 fully saturated rings. The molecule has 0 aliphatic heterocycles. The predicted molar refractivity (Wildman–Crippen MR) is 97.4 cm³/mol. The smallest absolute Gasteiger partial charge is 0.319 e. The van der Waals surface area contributed by atoms with Crippen LogP contribution in [0.5, 0.6) is 11.9 Å². The van der Waals surface area contributed by atoms with Crippen molar-refractivity contribution in [3.05, 3.63) is 59.2 Å². The fraction of sp³-hybridized carbons (Fsp3) is 0.250. The zero-order valence-electron chi connectivity index (χ0n) is 15.3. The second kappa shape index (κ2) is 7.19. The third-order valence-electron chi connectivity index (χ3n) is 4.80. The van der Waals surface area contributed by atoms with Crippen LogP contribution in [0, 0.1) is 17.1 Å². The highest BCUT2D eigenvalue weighted by Crippen LogP contribution is 2.55. The summed E-state index contributed by atoms with van der Waals surface area (Å²) in [6.45, 7) is 0. The molecule has 0 bridgehead atoms. The summed E-state index contributed by atoms with van der Waals surface area (Å²) >= 11 is 0. The number of rotatable bonds is 5. The fourth-order valence-electron chi connectivity index (χ4n) is 3.30. The zero-order valence-corrected chi connectivity index (χ0v) is 15.3. The maximum Gasteiger partial charge on any atom is 0.319 e. The van der Waals surface area contributed by atoms with Crippen molar-refractivity contribution in [2.45, 2.75) is 18.3 Å². The topological polar surface area (TPSA) is 93.8 Å². The summed E-state index contributed by atoms with van der Waals surface area (Å²) in [5.41, 5.74) is 3.20. The van der Waals surface area contributed by atoms with E-state index in [0.717, 1.165) is 17.5 Å². The van der Waals surface area contributed by atoms with E-state index in [2.05, 4.69) is 26.2 Å². The van der Waals surface area contributed by atoms with Gasteiger partial charge in [-0.1, -0.05) is 12.1 Å². The molecule has 2 heterocycles. The van der Waals surface area contributed by atoms with Crippen LogP contribution in [0.3, 0.4) is 0 Å². The van der Waals surface area contributed by atoms with Crippen molar-refractivity contribution < 1.29 is 13.9 Å². The molecule has 3 aromatic rings.